The van der Waals surface area contributed by atoms with Gasteiger partial charge in [-0.2, -0.15) is 31.8 Å². The zero-order chi connectivity index (χ0) is 24.1. The Labute approximate surface area is 212 Å². The van der Waals surface area contributed by atoms with Crippen molar-refractivity contribution < 1.29 is 22.8 Å². The van der Waals surface area contributed by atoms with E-state index in [4.69, 9.17) is 11.6 Å². The number of fused-ring (bicyclic) bond motifs is 1. The molecule has 4 rings (SSSR count). The van der Waals surface area contributed by atoms with E-state index in [2.05, 4.69) is 15.4 Å². The maximum Gasteiger partial charge on any atom is 0.417 e. The summed E-state index contributed by atoms with van der Waals surface area (Å²) in [6, 6.07) is 6.19. The lowest BCUT2D eigenvalue weighted by atomic mass is 10.1. The Morgan fingerprint density at radius 2 is 1.80 bits per heavy atom. The molecule has 12 heteroatoms. The van der Waals surface area contributed by atoms with Gasteiger partial charge in [-0.3, -0.25) is 19.3 Å². The number of hydrogen-bond donors (Lipinski definition) is 1. The quantitative estimate of drug-likeness (QED) is 0.467. The summed E-state index contributed by atoms with van der Waals surface area (Å²) in [6.45, 7) is 5.53. The molecule has 1 N–H and O–H groups in total. The number of halogens is 4. The Morgan fingerprint density at radius 3 is 2.37 bits per heavy atom. The highest BCUT2D eigenvalue weighted by Gasteiger charge is 2.37. The number of benzene rings is 1. The summed E-state index contributed by atoms with van der Waals surface area (Å²) in [4.78, 5) is 31.8. The summed E-state index contributed by atoms with van der Waals surface area (Å²) < 4.78 is 40.6. The van der Waals surface area contributed by atoms with Crippen LogP contribution in [0.25, 0.3) is 0 Å². The SMILES string of the molecule is C.Cc1cc(NC(=O)c2cnn3c2C(=O)N(c2ccc(C(F)(F)F)c(Cl)c2)C[C@@H]3C)cc(C)n1.S. The van der Waals surface area contributed by atoms with E-state index in [1.165, 1.54) is 21.8 Å². The van der Waals surface area contributed by atoms with Crippen LogP contribution < -0.4 is 10.2 Å². The predicted molar refractivity (Wildman–Crippen MR) is 134 cm³/mol. The first-order valence-corrected chi connectivity index (χ1v) is 10.4. The Bertz CT molecular complexity index is 1260. The summed E-state index contributed by atoms with van der Waals surface area (Å²) in [7, 11) is 0. The van der Waals surface area contributed by atoms with Gasteiger partial charge in [0.2, 0.25) is 0 Å². The van der Waals surface area contributed by atoms with Crippen molar-refractivity contribution in [1.29, 1.82) is 0 Å². The average Bonchev–Trinajstić information content (AvgIpc) is 3.15. The van der Waals surface area contributed by atoms with Gasteiger partial charge in [0, 0.05) is 29.3 Å². The van der Waals surface area contributed by atoms with Crippen LogP contribution in [0.1, 0.15) is 58.2 Å². The first-order chi connectivity index (χ1) is 15.5. The minimum Gasteiger partial charge on any atom is -0.322 e. The highest BCUT2D eigenvalue weighted by Crippen LogP contribution is 2.37. The van der Waals surface area contributed by atoms with Crippen molar-refractivity contribution in [2.75, 3.05) is 16.8 Å². The molecule has 0 unspecified atom stereocenters. The molecule has 3 heterocycles. The average molecular weight is 528 g/mol. The van der Waals surface area contributed by atoms with Gasteiger partial charge in [-0.15, -0.1) is 0 Å². The van der Waals surface area contributed by atoms with Crippen LogP contribution in [0.15, 0.2) is 36.5 Å². The fourth-order valence-corrected chi connectivity index (χ4v) is 4.14. The Hall–Kier alpha value is -3.05. The topological polar surface area (TPSA) is 80.1 Å². The molecule has 3 aromatic rings. The van der Waals surface area contributed by atoms with Crippen LogP contribution >= 0.6 is 25.1 Å². The molecule has 7 nitrogen and oxygen atoms in total. The van der Waals surface area contributed by atoms with Gasteiger partial charge in [0.1, 0.15) is 5.69 Å². The van der Waals surface area contributed by atoms with E-state index in [1.54, 1.807) is 32.9 Å². The van der Waals surface area contributed by atoms with E-state index >= 15 is 0 Å². The number of hydrogen-bond acceptors (Lipinski definition) is 4. The second-order valence-corrected chi connectivity index (χ2v) is 8.28. The van der Waals surface area contributed by atoms with Gasteiger partial charge < -0.3 is 10.2 Å². The van der Waals surface area contributed by atoms with Gasteiger partial charge >= 0.3 is 6.18 Å². The molecule has 1 aliphatic rings. The summed E-state index contributed by atoms with van der Waals surface area (Å²) in [5, 5.41) is 6.44. The van der Waals surface area contributed by atoms with Crippen molar-refractivity contribution in [3.05, 3.63) is 69.8 Å². The minimum absolute atomic E-state index is 0. The van der Waals surface area contributed by atoms with E-state index in [1.807, 2.05) is 0 Å². The number of carbonyl (C=O) groups excluding carboxylic acids is 2. The molecule has 0 fully saturated rings. The van der Waals surface area contributed by atoms with Gasteiger partial charge in [-0.25, -0.2) is 0 Å². The van der Waals surface area contributed by atoms with Crippen LogP contribution in [0.3, 0.4) is 0 Å². The van der Waals surface area contributed by atoms with E-state index in [0.717, 1.165) is 23.5 Å². The molecule has 1 aliphatic heterocycles. The van der Waals surface area contributed by atoms with E-state index in [9.17, 15) is 22.8 Å². The van der Waals surface area contributed by atoms with Crippen molar-refractivity contribution >= 4 is 48.3 Å². The smallest absolute Gasteiger partial charge is 0.322 e. The molecule has 0 aliphatic carbocycles. The largest absolute Gasteiger partial charge is 0.417 e. The normalized spacial score (nSPS) is 15.1. The third kappa shape index (κ3) is 5.46. The number of alkyl halides is 3. The zero-order valence-electron chi connectivity index (χ0n) is 18.4. The minimum atomic E-state index is -4.61. The summed E-state index contributed by atoms with van der Waals surface area (Å²) in [6.07, 6.45) is -3.30. The molecule has 0 saturated heterocycles. The summed E-state index contributed by atoms with van der Waals surface area (Å²) in [5.41, 5.74) is 1.27. The van der Waals surface area contributed by atoms with Crippen molar-refractivity contribution in [3.8, 4) is 0 Å². The fourth-order valence-electron chi connectivity index (χ4n) is 3.86. The molecule has 188 valence electrons. The van der Waals surface area contributed by atoms with Crippen molar-refractivity contribution in [1.82, 2.24) is 14.8 Å². The lowest BCUT2D eigenvalue weighted by molar-refractivity contribution is -0.137. The molecule has 0 spiro atoms. The highest BCUT2D eigenvalue weighted by atomic mass is 35.5. The van der Waals surface area contributed by atoms with Crippen LogP contribution in [0.4, 0.5) is 24.5 Å². The third-order valence-electron chi connectivity index (χ3n) is 5.26. The first kappa shape index (κ1) is 28.2. The maximum absolute atomic E-state index is 13.3. The summed E-state index contributed by atoms with van der Waals surface area (Å²) >= 11 is 5.85. The standard InChI is InChI=1S/C22H19ClF3N5O2.CH4.H2S/c1-11-6-14(7-12(2)28-11)29-20(32)16-9-27-31-13(3)10-30(21(33)19(16)31)15-4-5-17(18(23)8-15)22(24,25)26;;/h4-9,13H,10H2,1-3H3,(H,28,29,32);1H4;1H2/t13-;;/m0../s1. The van der Waals surface area contributed by atoms with Crippen LogP contribution in [0.5, 0.6) is 0 Å². The van der Waals surface area contributed by atoms with E-state index in [-0.39, 0.29) is 50.5 Å². The van der Waals surface area contributed by atoms with E-state index in [0.29, 0.717) is 5.69 Å². The molecule has 0 bridgehead atoms. The molecule has 2 aromatic heterocycles. The number of aryl methyl sites for hydroxylation is 2. The monoisotopic (exact) mass is 527 g/mol. The van der Waals surface area contributed by atoms with Crippen molar-refractivity contribution in [2.24, 2.45) is 0 Å². The molecular formula is C23H25ClF3N5O2S. The number of aromatic nitrogens is 3. The Balaban J connectivity index is 0.00000216. The molecular weight excluding hydrogens is 503 g/mol. The number of pyridine rings is 1. The van der Waals surface area contributed by atoms with Crippen molar-refractivity contribution in [3.63, 3.8) is 0 Å². The molecule has 35 heavy (non-hydrogen) atoms. The van der Waals surface area contributed by atoms with E-state index < -0.39 is 28.6 Å². The Kier molecular flexibility index (Phi) is 8.29. The molecule has 1 aromatic carbocycles. The molecule has 0 saturated carbocycles. The summed E-state index contributed by atoms with van der Waals surface area (Å²) in [5.74, 6) is -1.09. The van der Waals surface area contributed by atoms with Gasteiger partial charge in [-0.1, -0.05) is 19.0 Å². The van der Waals surface area contributed by atoms with Crippen molar-refractivity contribution in [2.45, 2.75) is 40.4 Å². The molecule has 1 atom stereocenters. The number of carbonyl (C=O) groups is 2. The third-order valence-corrected chi connectivity index (χ3v) is 5.57. The fraction of sp³-hybridized carbons (Fsp3) is 0.304. The number of rotatable bonds is 3. The van der Waals surface area contributed by atoms with Crippen LogP contribution in [0.2, 0.25) is 5.02 Å². The van der Waals surface area contributed by atoms with Gasteiger partial charge in [0.25, 0.3) is 11.8 Å². The lowest BCUT2D eigenvalue weighted by Gasteiger charge is -2.32. The van der Waals surface area contributed by atoms with Crippen LogP contribution in [-0.4, -0.2) is 33.1 Å². The van der Waals surface area contributed by atoms with Gasteiger partial charge in [0.15, 0.2) is 0 Å². The highest BCUT2D eigenvalue weighted by molar-refractivity contribution is 7.59. The second kappa shape index (κ2) is 10.3. The number of amides is 2. The Morgan fingerprint density at radius 1 is 1.17 bits per heavy atom. The van der Waals surface area contributed by atoms with Crippen LogP contribution in [0, 0.1) is 13.8 Å². The second-order valence-electron chi connectivity index (χ2n) is 7.87. The maximum atomic E-state index is 13.3. The number of nitrogens with zero attached hydrogens (tertiary/aromatic N) is 4. The van der Waals surface area contributed by atoms with Gasteiger partial charge in [0.05, 0.1) is 28.4 Å². The number of anilines is 2. The molecule has 2 amide bonds. The predicted octanol–water partition coefficient (Wildman–Crippen LogP) is 5.79. The van der Waals surface area contributed by atoms with Gasteiger partial charge in [-0.05, 0) is 51.1 Å². The molecule has 0 radical (unpaired) electrons. The first-order valence-electron chi connectivity index (χ1n) is 9.98. The lowest BCUT2D eigenvalue weighted by Crippen LogP contribution is -2.43. The zero-order valence-corrected chi connectivity index (χ0v) is 20.1. The van der Waals surface area contributed by atoms with Crippen LogP contribution in [-0.2, 0) is 6.18 Å². The number of nitrogens with one attached hydrogen (secondary N) is 1.